The Hall–Kier alpha value is -10.1. The third kappa shape index (κ3) is 6.60. The lowest BCUT2D eigenvalue weighted by Crippen LogP contribution is -2.61. The van der Waals surface area contributed by atoms with E-state index in [9.17, 15) is 0 Å². The maximum Gasteiger partial charge on any atom is 0.252 e. The molecule has 2 aromatic heterocycles. The monoisotopic (exact) mass is 978 g/mol. The fraction of sp³-hybridized carbons (Fsp3) is 0. The van der Waals surface area contributed by atoms with Gasteiger partial charge in [0.15, 0.2) is 0 Å². The Balaban J connectivity index is 1.05. The van der Waals surface area contributed by atoms with Crippen LogP contribution in [0, 0.1) is 0 Å². The minimum absolute atomic E-state index is 0.130. The van der Waals surface area contributed by atoms with Gasteiger partial charge in [-0.25, -0.2) is 0 Å². The van der Waals surface area contributed by atoms with Crippen LogP contribution in [0.3, 0.4) is 0 Å². The third-order valence-corrected chi connectivity index (χ3v) is 16.3. The number of para-hydroxylation sites is 6. The molecule has 4 heterocycles. The van der Waals surface area contributed by atoms with Gasteiger partial charge in [-0.2, -0.15) is 0 Å². The van der Waals surface area contributed by atoms with Crippen molar-refractivity contribution in [2.45, 2.75) is 0 Å². The maximum atomic E-state index is 2.59. The number of hydrogen-bond acceptors (Lipinski definition) is 2. The zero-order chi connectivity index (χ0) is 50.6. The summed E-state index contributed by atoms with van der Waals surface area (Å²) in [4.78, 5) is 5.19. The summed E-state index contributed by atoms with van der Waals surface area (Å²) in [6, 6.07) is 106. The Kier molecular flexibility index (Phi) is 9.70. The highest BCUT2D eigenvalue weighted by atomic mass is 15.2. The summed E-state index contributed by atoms with van der Waals surface area (Å²) in [6.07, 6.45) is 0. The summed E-state index contributed by atoms with van der Waals surface area (Å²) < 4.78 is 4.92. The molecule has 0 atom stereocenters. The Bertz CT molecular complexity index is 4270. The normalized spacial score (nSPS) is 12.6. The second kappa shape index (κ2) is 17.2. The van der Waals surface area contributed by atoms with Crippen LogP contribution in [0.25, 0.3) is 88.4 Å². The van der Waals surface area contributed by atoms with Crippen LogP contribution >= 0.6 is 0 Å². The number of anilines is 6. The van der Waals surface area contributed by atoms with Crippen LogP contribution in [0.4, 0.5) is 34.1 Å². The van der Waals surface area contributed by atoms with E-state index in [0.717, 1.165) is 67.8 Å². The zero-order valence-electron chi connectivity index (χ0n) is 42.0. The van der Waals surface area contributed by atoms with Gasteiger partial charge in [0.05, 0.1) is 33.4 Å². The van der Waals surface area contributed by atoms with Crippen LogP contribution in [0.5, 0.6) is 0 Å². The van der Waals surface area contributed by atoms with E-state index in [1.165, 1.54) is 71.1 Å². The molecule has 0 saturated heterocycles. The average molecular weight is 979 g/mol. The minimum Gasteiger partial charge on any atom is -0.311 e. The van der Waals surface area contributed by atoms with Gasteiger partial charge in [-0.05, 0) is 111 Å². The van der Waals surface area contributed by atoms with Crippen molar-refractivity contribution < 1.29 is 0 Å². The van der Waals surface area contributed by atoms with Gasteiger partial charge in [-0.1, -0.05) is 212 Å². The van der Waals surface area contributed by atoms with E-state index in [0.29, 0.717) is 0 Å². The molecule has 0 radical (unpaired) electrons. The summed E-state index contributed by atoms with van der Waals surface area (Å²) in [5, 5.41) is 4.97. The van der Waals surface area contributed by atoms with Crippen molar-refractivity contribution in [1.29, 1.82) is 0 Å². The number of aromatic nitrogens is 2. The Labute approximate surface area is 447 Å². The van der Waals surface area contributed by atoms with Gasteiger partial charge < -0.3 is 18.9 Å². The second-order valence-corrected chi connectivity index (χ2v) is 20.4. The van der Waals surface area contributed by atoms with E-state index in [1.807, 2.05) is 0 Å². The van der Waals surface area contributed by atoms with Gasteiger partial charge in [0.2, 0.25) is 0 Å². The first-order valence-corrected chi connectivity index (χ1v) is 26.6. The average Bonchev–Trinajstić information content (AvgIpc) is 4.08. The SMILES string of the molecule is c1ccc(-c2cc3c4c(c2)N(c2ccccc2-c2ccccc2)c2cc(-n5c6ccccc6c6ccccc65)ccc2B4c2ccc(-n4c5ccccc5c5ccccc54)cc2N3c2ccccc2-c2ccccc2)cc1. The lowest BCUT2D eigenvalue weighted by atomic mass is 9.33. The highest BCUT2D eigenvalue weighted by molar-refractivity contribution is 7.00. The largest absolute Gasteiger partial charge is 0.311 e. The first kappa shape index (κ1) is 43.3. The minimum atomic E-state index is -0.130. The van der Waals surface area contributed by atoms with Crippen molar-refractivity contribution in [1.82, 2.24) is 9.13 Å². The molecule has 2 aliphatic heterocycles. The second-order valence-electron chi connectivity index (χ2n) is 20.4. The van der Waals surface area contributed by atoms with Crippen LogP contribution in [0.15, 0.2) is 285 Å². The fourth-order valence-corrected chi connectivity index (χ4v) is 13.0. The van der Waals surface area contributed by atoms with Crippen LogP contribution in [-0.2, 0) is 0 Å². The van der Waals surface area contributed by atoms with Crippen LogP contribution in [0.2, 0.25) is 0 Å². The number of rotatable bonds is 7. The van der Waals surface area contributed by atoms with E-state index >= 15 is 0 Å². The lowest BCUT2D eigenvalue weighted by Gasteiger charge is -2.45. The highest BCUT2D eigenvalue weighted by Crippen LogP contribution is 2.50. The van der Waals surface area contributed by atoms with Gasteiger partial charge in [-0.3, -0.25) is 0 Å². The third-order valence-electron chi connectivity index (χ3n) is 16.3. The smallest absolute Gasteiger partial charge is 0.252 e. The molecular formula is C72H47BN4. The van der Waals surface area contributed by atoms with Crippen molar-refractivity contribution in [2.24, 2.45) is 0 Å². The maximum absolute atomic E-state index is 2.59. The van der Waals surface area contributed by atoms with Gasteiger partial charge in [0, 0.05) is 66.8 Å². The molecule has 14 aromatic rings. The summed E-state index contributed by atoms with van der Waals surface area (Å²) in [5.74, 6) is 0. The van der Waals surface area contributed by atoms with E-state index in [1.54, 1.807) is 0 Å². The first-order valence-electron chi connectivity index (χ1n) is 26.6. The predicted octanol–water partition coefficient (Wildman–Crippen LogP) is 17.0. The van der Waals surface area contributed by atoms with Crippen LogP contribution in [0.1, 0.15) is 0 Å². The highest BCUT2D eigenvalue weighted by Gasteiger charge is 2.45. The molecule has 0 unspecified atom stereocenters. The molecular weight excluding hydrogens is 932 g/mol. The molecule has 4 nitrogen and oxygen atoms in total. The van der Waals surface area contributed by atoms with E-state index in [-0.39, 0.29) is 6.71 Å². The number of benzene rings is 12. The van der Waals surface area contributed by atoms with Gasteiger partial charge in [0.25, 0.3) is 6.71 Å². The summed E-state index contributed by atoms with van der Waals surface area (Å²) in [7, 11) is 0. The van der Waals surface area contributed by atoms with Gasteiger partial charge in [-0.15, -0.1) is 0 Å². The topological polar surface area (TPSA) is 16.3 Å². The van der Waals surface area contributed by atoms with Crippen LogP contribution in [-0.4, -0.2) is 15.8 Å². The molecule has 0 bridgehead atoms. The molecule has 0 saturated carbocycles. The first-order chi connectivity index (χ1) is 38.2. The standard InChI is InChI=1S/C72H47BN4/c1-4-22-48(23-5-1)51-44-70-72-71(45-51)77(63-35-17-11-29-55(63)50-26-8-3-9-27-50)69-47-53(75-66-38-20-14-32-58(66)59-33-15-21-39-67(59)75)41-43-61(69)73(72)60-42-40-52(74-64-36-18-12-30-56(64)57-31-13-19-37-65(57)74)46-68(60)76(70)62-34-16-10-28-54(62)49-24-6-2-7-25-49/h1-47H. The Morgan fingerprint density at radius 3 is 0.974 bits per heavy atom. The fourth-order valence-electron chi connectivity index (χ4n) is 13.0. The summed E-state index contributed by atoms with van der Waals surface area (Å²) >= 11 is 0. The van der Waals surface area contributed by atoms with E-state index in [4.69, 9.17) is 0 Å². The Morgan fingerprint density at radius 2 is 0.571 bits per heavy atom. The molecule has 0 spiro atoms. The quantitative estimate of drug-likeness (QED) is 0.148. The Morgan fingerprint density at radius 1 is 0.234 bits per heavy atom. The van der Waals surface area contributed by atoms with Gasteiger partial charge in [0.1, 0.15) is 0 Å². The molecule has 77 heavy (non-hydrogen) atoms. The number of fused-ring (bicyclic) bond motifs is 10. The van der Waals surface area contributed by atoms with Crippen molar-refractivity contribution in [2.75, 3.05) is 9.80 Å². The van der Waals surface area contributed by atoms with E-state index in [2.05, 4.69) is 304 Å². The lowest BCUT2D eigenvalue weighted by molar-refractivity contribution is 1.17. The molecule has 0 fully saturated rings. The van der Waals surface area contributed by atoms with Crippen molar-refractivity contribution in [3.63, 3.8) is 0 Å². The molecule has 2 aliphatic rings. The summed E-state index contributed by atoms with van der Waals surface area (Å²) in [6.45, 7) is -0.130. The summed E-state index contributed by atoms with van der Waals surface area (Å²) in [5.41, 5.74) is 24.5. The zero-order valence-corrected chi connectivity index (χ0v) is 42.0. The van der Waals surface area contributed by atoms with Crippen molar-refractivity contribution in [3.8, 4) is 44.8 Å². The van der Waals surface area contributed by atoms with E-state index < -0.39 is 0 Å². The molecule has 5 heteroatoms. The molecule has 16 rings (SSSR count). The van der Waals surface area contributed by atoms with Gasteiger partial charge >= 0.3 is 0 Å². The molecule has 0 amide bonds. The molecule has 0 N–H and O–H groups in total. The molecule has 0 aliphatic carbocycles. The molecule has 12 aromatic carbocycles. The number of hydrogen-bond donors (Lipinski definition) is 0. The molecule has 358 valence electrons. The van der Waals surface area contributed by atoms with Crippen LogP contribution < -0.4 is 26.2 Å². The van der Waals surface area contributed by atoms with Crippen molar-refractivity contribution >= 4 is 101 Å². The number of nitrogens with zero attached hydrogens (tertiary/aromatic N) is 4. The van der Waals surface area contributed by atoms with Crippen molar-refractivity contribution in [3.05, 3.63) is 285 Å². The predicted molar refractivity (Wildman–Crippen MR) is 325 cm³/mol.